The Morgan fingerprint density at radius 1 is 1.04 bits per heavy atom. The Kier molecular flexibility index (Phi) is 5.56. The van der Waals surface area contributed by atoms with Gasteiger partial charge in [0.2, 0.25) is 5.88 Å². The number of nitrogens with one attached hydrogen (secondary N) is 1. The fraction of sp³-hybridized carbons (Fsp3) is 0.267. The van der Waals surface area contributed by atoms with E-state index in [2.05, 4.69) is 15.3 Å². The van der Waals surface area contributed by atoms with Crippen LogP contribution in [0.3, 0.4) is 0 Å². The van der Waals surface area contributed by atoms with Gasteiger partial charge in [-0.05, 0) is 24.3 Å². The van der Waals surface area contributed by atoms with Gasteiger partial charge in [0.05, 0.1) is 27.5 Å². The molecule has 2 rings (SSSR count). The lowest BCUT2D eigenvalue weighted by atomic mass is 10.3. The third-order valence-corrected chi connectivity index (χ3v) is 2.81. The quantitative estimate of drug-likeness (QED) is 0.827. The number of anilines is 1. The van der Waals surface area contributed by atoms with E-state index in [0.29, 0.717) is 17.2 Å². The van der Waals surface area contributed by atoms with E-state index in [9.17, 15) is 4.79 Å². The molecule has 0 saturated heterocycles. The molecule has 23 heavy (non-hydrogen) atoms. The number of nitrogens with zero attached hydrogens (tertiary/aromatic N) is 2. The van der Waals surface area contributed by atoms with Crippen LogP contribution in [0.1, 0.15) is 0 Å². The Hall–Kier alpha value is -3.03. The molecular formula is C15H17N3O5. The number of methoxy groups -OCH3 is 3. The van der Waals surface area contributed by atoms with Crippen LogP contribution in [0.15, 0.2) is 30.5 Å². The minimum atomic E-state index is -0.368. The van der Waals surface area contributed by atoms with E-state index in [1.54, 1.807) is 31.4 Å². The fourth-order valence-electron chi connectivity index (χ4n) is 1.70. The smallest absolute Gasteiger partial charge is 0.319 e. The van der Waals surface area contributed by atoms with Crippen LogP contribution in [-0.4, -0.2) is 43.8 Å². The van der Waals surface area contributed by atoms with E-state index in [-0.39, 0.29) is 24.4 Å². The summed E-state index contributed by atoms with van der Waals surface area (Å²) in [5, 5.41) is 2.61. The van der Waals surface area contributed by atoms with Crippen LogP contribution in [0.25, 0.3) is 0 Å². The molecule has 8 heteroatoms. The third-order valence-electron chi connectivity index (χ3n) is 2.81. The van der Waals surface area contributed by atoms with Crippen molar-refractivity contribution in [1.82, 2.24) is 9.97 Å². The molecule has 0 spiro atoms. The van der Waals surface area contributed by atoms with Crippen molar-refractivity contribution in [2.75, 3.05) is 33.3 Å². The number of amides is 1. The number of carbonyl (C=O) groups excluding carboxylic acids is 1. The minimum Gasteiger partial charge on any atom is -0.497 e. The van der Waals surface area contributed by atoms with Crippen molar-refractivity contribution in [3.8, 4) is 23.4 Å². The molecule has 0 aliphatic heterocycles. The van der Waals surface area contributed by atoms with Gasteiger partial charge in [-0.3, -0.25) is 4.79 Å². The standard InChI is InChI=1S/C15H17N3O5/c1-20-10-4-6-11(7-5-10)23-9-13(19)17-12-8-16-15(22-3)18-14(12)21-2/h4-8H,9H2,1-3H3,(H,17,19). The average molecular weight is 319 g/mol. The molecule has 0 aliphatic rings. The molecule has 1 heterocycles. The van der Waals surface area contributed by atoms with Gasteiger partial charge in [-0.2, -0.15) is 4.98 Å². The number of benzene rings is 1. The molecule has 8 nitrogen and oxygen atoms in total. The topological polar surface area (TPSA) is 91.8 Å². The Balaban J connectivity index is 1.93. The second-order valence-electron chi connectivity index (χ2n) is 4.29. The number of hydrogen-bond donors (Lipinski definition) is 1. The van der Waals surface area contributed by atoms with Crippen molar-refractivity contribution in [2.45, 2.75) is 0 Å². The molecule has 1 amide bonds. The van der Waals surface area contributed by atoms with Crippen LogP contribution in [-0.2, 0) is 4.79 Å². The summed E-state index contributed by atoms with van der Waals surface area (Å²) >= 11 is 0. The first-order chi connectivity index (χ1) is 11.2. The van der Waals surface area contributed by atoms with Gasteiger partial charge in [-0.15, -0.1) is 0 Å². The number of carbonyl (C=O) groups is 1. The summed E-state index contributed by atoms with van der Waals surface area (Å²) in [7, 11) is 4.45. The SMILES string of the molecule is COc1ccc(OCC(=O)Nc2cnc(OC)nc2OC)cc1. The second-order valence-corrected chi connectivity index (χ2v) is 4.29. The first-order valence-electron chi connectivity index (χ1n) is 6.68. The summed E-state index contributed by atoms with van der Waals surface area (Å²) in [6, 6.07) is 7.06. The molecular weight excluding hydrogens is 302 g/mol. The van der Waals surface area contributed by atoms with Gasteiger partial charge in [0.25, 0.3) is 5.91 Å². The van der Waals surface area contributed by atoms with Crippen LogP contribution in [0.2, 0.25) is 0 Å². The lowest BCUT2D eigenvalue weighted by Gasteiger charge is -2.10. The molecule has 0 aliphatic carbocycles. The molecule has 1 aromatic heterocycles. The number of rotatable bonds is 7. The normalized spacial score (nSPS) is 9.87. The van der Waals surface area contributed by atoms with E-state index < -0.39 is 0 Å². The summed E-state index contributed by atoms with van der Waals surface area (Å²) in [6.07, 6.45) is 1.40. The first kappa shape index (κ1) is 16.3. The van der Waals surface area contributed by atoms with Crippen LogP contribution in [0.4, 0.5) is 5.69 Å². The zero-order valence-corrected chi connectivity index (χ0v) is 13.0. The first-order valence-corrected chi connectivity index (χ1v) is 6.68. The lowest BCUT2D eigenvalue weighted by molar-refractivity contribution is -0.118. The minimum absolute atomic E-state index is 0.148. The Morgan fingerprint density at radius 3 is 2.35 bits per heavy atom. The highest BCUT2D eigenvalue weighted by Gasteiger charge is 2.12. The highest BCUT2D eigenvalue weighted by atomic mass is 16.5. The van der Waals surface area contributed by atoms with E-state index >= 15 is 0 Å². The van der Waals surface area contributed by atoms with Gasteiger partial charge >= 0.3 is 6.01 Å². The van der Waals surface area contributed by atoms with Crippen molar-refractivity contribution in [3.05, 3.63) is 30.5 Å². The maximum Gasteiger partial charge on any atom is 0.319 e. The van der Waals surface area contributed by atoms with Crippen molar-refractivity contribution >= 4 is 11.6 Å². The van der Waals surface area contributed by atoms with E-state index in [1.807, 2.05) is 0 Å². The monoisotopic (exact) mass is 319 g/mol. The van der Waals surface area contributed by atoms with Crippen molar-refractivity contribution < 1.29 is 23.7 Å². The summed E-state index contributed by atoms with van der Waals surface area (Å²) in [4.78, 5) is 19.8. The Bertz CT molecular complexity index is 661. The summed E-state index contributed by atoms with van der Waals surface area (Å²) in [5.74, 6) is 1.10. The molecule has 0 fully saturated rings. The van der Waals surface area contributed by atoms with Crippen molar-refractivity contribution in [1.29, 1.82) is 0 Å². The third kappa shape index (κ3) is 4.47. The number of hydrogen-bond acceptors (Lipinski definition) is 7. The van der Waals surface area contributed by atoms with E-state index in [0.717, 1.165) is 0 Å². The Morgan fingerprint density at radius 2 is 1.74 bits per heavy atom. The summed E-state index contributed by atoms with van der Waals surface area (Å²) < 4.78 is 20.4. The van der Waals surface area contributed by atoms with Gasteiger partial charge in [0, 0.05) is 0 Å². The largest absolute Gasteiger partial charge is 0.497 e. The molecule has 0 unspecified atom stereocenters. The van der Waals surface area contributed by atoms with Gasteiger partial charge in [-0.1, -0.05) is 0 Å². The fourth-order valence-corrected chi connectivity index (χ4v) is 1.70. The van der Waals surface area contributed by atoms with Gasteiger partial charge in [0.15, 0.2) is 6.61 Å². The van der Waals surface area contributed by atoms with Gasteiger partial charge < -0.3 is 24.3 Å². The van der Waals surface area contributed by atoms with Crippen LogP contribution >= 0.6 is 0 Å². The van der Waals surface area contributed by atoms with Crippen LogP contribution in [0, 0.1) is 0 Å². The maximum atomic E-state index is 11.9. The zero-order valence-electron chi connectivity index (χ0n) is 13.0. The zero-order chi connectivity index (χ0) is 16.7. The summed E-state index contributed by atoms with van der Waals surface area (Å²) in [5.41, 5.74) is 0.330. The molecule has 1 N–H and O–H groups in total. The molecule has 122 valence electrons. The molecule has 0 radical (unpaired) electrons. The van der Waals surface area contributed by atoms with E-state index in [4.69, 9.17) is 18.9 Å². The maximum absolute atomic E-state index is 11.9. The van der Waals surface area contributed by atoms with Crippen molar-refractivity contribution in [2.24, 2.45) is 0 Å². The number of aromatic nitrogens is 2. The lowest BCUT2D eigenvalue weighted by Crippen LogP contribution is -2.21. The van der Waals surface area contributed by atoms with E-state index in [1.165, 1.54) is 20.4 Å². The number of ether oxygens (including phenoxy) is 4. The van der Waals surface area contributed by atoms with Crippen LogP contribution < -0.4 is 24.3 Å². The van der Waals surface area contributed by atoms with Gasteiger partial charge in [0.1, 0.15) is 17.2 Å². The Labute approximate surface area is 133 Å². The molecule has 0 bridgehead atoms. The summed E-state index contributed by atoms with van der Waals surface area (Å²) in [6.45, 7) is -0.165. The molecule has 0 saturated carbocycles. The predicted molar refractivity (Wildman–Crippen MR) is 82.3 cm³/mol. The van der Waals surface area contributed by atoms with Gasteiger partial charge in [-0.25, -0.2) is 4.98 Å². The highest BCUT2D eigenvalue weighted by molar-refractivity contribution is 5.92. The van der Waals surface area contributed by atoms with Crippen molar-refractivity contribution in [3.63, 3.8) is 0 Å². The molecule has 1 aromatic carbocycles. The predicted octanol–water partition coefficient (Wildman–Crippen LogP) is 1.52. The molecule has 2 aromatic rings. The highest BCUT2D eigenvalue weighted by Crippen LogP contribution is 2.22. The average Bonchev–Trinajstić information content (AvgIpc) is 2.60. The van der Waals surface area contributed by atoms with Crippen LogP contribution in [0.5, 0.6) is 23.4 Å². The second kappa shape index (κ2) is 7.83. The molecule has 0 atom stereocenters.